The van der Waals surface area contributed by atoms with Crippen molar-refractivity contribution in [3.05, 3.63) is 47.0 Å². The summed E-state index contributed by atoms with van der Waals surface area (Å²) in [6.07, 6.45) is 4.59. The van der Waals surface area contributed by atoms with E-state index in [4.69, 9.17) is 0 Å². The molecule has 1 N–H and O–H groups in total. The summed E-state index contributed by atoms with van der Waals surface area (Å²) in [6.45, 7) is 7.71. The number of rotatable bonds is 5. The minimum absolute atomic E-state index is 0.0872. The van der Waals surface area contributed by atoms with Gasteiger partial charge in [0.25, 0.3) is 11.8 Å². The predicted molar refractivity (Wildman–Crippen MR) is 113 cm³/mol. The highest BCUT2D eigenvalue weighted by atomic mass is 16.2. The number of imidazole rings is 1. The van der Waals surface area contributed by atoms with Gasteiger partial charge in [0.2, 0.25) is 0 Å². The monoisotopic (exact) mass is 394 g/mol. The Morgan fingerprint density at radius 2 is 2.03 bits per heavy atom. The molecule has 0 spiro atoms. The fourth-order valence-electron chi connectivity index (χ4n) is 4.43. The molecule has 6 nitrogen and oxygen atoms in total. The molecule has 0 fully saturated rings. The topological polar surface area (TPSA) is 67.2 Å². The van der Waals surface area contributed by atoms with E-state index in [9.17, 15) is 9.59 Å². The minimum atomic E-state index is -0.178. The summed E-state index contributed by atoms with van der Waals surface area (Å²) in [6, 6.07) is 8.14. The average molecular weight is 395 g/mol. The van der Waals surface area contributed by atoms with Crippen LogP contribution in [0.2, 0.25) is 0 Å². The molecule has 0 aliphatic carbocycles. The molecule has 2 aromatic rings. The highest BCUT2D eigenvalue weighted by molar-refractivity contribution is 6.08. The SMILES string of the molecule is CC(C)CCNC(=O)c1nc(C(=O)N2c3ccccc3CC2C)c2n1CCCC2. The van der Waals surface area contributed by atoms with Gasteiger partial charge in [-0.3, -0.25) is 9.59 Å². The fourth-order valence-corrected chi connectivity index (χ4v) is 4.43. The van der Waals surface area contributed by atoms with Gasteiger partial charge in [-0.15, -0.1) is 0 Å². The zero-order valence-corrected chi connectivity index (χ0v) is 17.6. The van der Waals surface area contributed by atoms with Crippen molar-refractivity contribution in [2.75, 3.05) is 11.4 Å². The van der Waals surface area contributed by atoms with Crippen molar-refractivity contribution >= 4 is 17.5 Å². The lowest BCUT2D eigenvalue weighted by molar-refractivity contribution is 0.0936. The number of carbonyl (C=O) groups is 2. The Hall–Kier alpha value is -2.63. The van der Waals surface area contributed by atoms with Crippen LogP contribution >= 0.6 is 0 Å². The Bertz CT molecular complexity index is 931. The summed E-state index contributed by atoms with van der Waals surface area (Å²) >= 11 is 0. The van der Waals surface area contributed by atoms with Crippen molar-refractivity contribution in [3.8, 4) is 0 Å². The number of hydrogen-bond donors (Lipinski definition) is 1. The number of hydrogen-bond acceptors (Lipinski definition) is 3. The smallest absolute Gasteiger partial charge is 0.287 e. The van der Waals surface area contributed by atoms with E-state index in [1.54, 1.807) is 0 Å². The summed E-state index contributed by atoms with van der Waals surface area (Å²) in [5, 5.41) is 2.98. The molecule has 0 bridgehead atoms. The first-order valence-electron chi connectivity index (χ1n) is 10.8. The van der Waals surface area contributed by atoms with E-state index in [1.165, 1.54) is 5.56 Å². The van der Waals surface area contributed by atoms with Gasteiger partial charge in [-0.05, 0) is 56.6 Å². The summed E-state index contributed by atoms with van der Waals surface area (Å²) in [7, 11) is 0. The largest absolute Gasteiger partial charge is 0.349 e. The van der Waals surface area contributed by atoms with Crippen LogP contribution in [0.1, 0.15) is 72.4 Å². The highest BCUT2D eigenvalue weighted by Gasteiger charge is 2.36. The maximum Gasteiger partial charge on any atom is 0.287 e. The Morgan fingerprint density at radius 3 is 2.83 bits per heavy atom. The lowest BCUT2D eigenvalue weighted by atomic mass is 10.1. The van der Waals surface area contributed by atoms with Crippen molar-refractivity contribution in [1.82, 2.24) is 14.9 Å². The number of nitrogens with zero attached hydrogens (tertiary/aromatic N) is 3. The number of para-hydroxylation sites is 1. The van der Waals surface area contributed by atoms with Crippen molar-refractivity contribution in [1.29, 1.82) is 0 Å². The molecule has 2 aliphatic heterocycles. The Kier molecular flexibility index (Phi) is 5.43. The maximum absolute atomic E-state index is 13.5. The molecule has 1 aromatic carbocycles. The van der Waals surface area contributed by atoms with Crippen LogP contribution in [-0.4, -0.2) is 34.0 Å². The van der Waals surface area contributed by atoms with Crippen LogP contribution < -0.4 is 10.2 Å². The summed E-state index contributed by atoms with van der Waals surface area (Å²) in [4.78, 5) is 32.8. The van der Waals surface area contributed by atoms with Crippen molar-refractivity contribution < 1.29 is 9.59 Å². The molecule has 1 unspecified atom stereocenters. The standard InChI is InChI=1S/C23H30N4O2/c1-15(2)11-12-24-22(28)21-25-20(19-10-6-7-13-26(19)21)23(29)27-16(3)14-17-8-4-5-9-18(17)27/h4-5,8-9,15-16H,6-7,10-14H2,1-3H3,(H,24,28). The molecule has 2 aliphatic rings. The zero-order chi connectivity index (χ0) is 20.5. The van der Waals surface area contributed by atoms with Gasteiger partial charge in [-0.25, -0.2) is 4.98 Å². The third kappa shape index (κ3) is 3.68. The quantitative estimate of drug-likeness (QED) is 0.843. The normalized spacial score (nSPS) is 17.9. The number of amides is 2. The van der Waals surface area contributed by atoms with E-state index < -0.39 is 0 Å². The lowest BCUT2D eigenvalue weighted by Crippen LogP contribution is -2.36. The first kappa shape index (κ1) is 19.7. The van der Waals surface area contributed by atoms with Crippen LogP contribution in [0.3, 0.4) is 0 Å². The van der Waals surface area contributed by atoms with E-state index in [2.05, 4.69) is 37.1 Å². The molecule has 2 amide bonds. The van der Waals surface area contributed by atoms with E-state index in [-0.39, 0.29) is 17.9 Å². The van der Waals surface area contributed by atoms with Gasteiger partial charge in [0.1, 0.15) is 0 Å². The van der Waals surface area contributed by atoms with Gasteiger partial charge in [0.05, 0.1) is 5.69 Å². The first-order valence-corrected chi connectivity index (χ1v) is 10.8. The molecule has 4 rings (SSSR count). The average Bonchev–Trinajstić information content (AvgIpc) is 3.24. The summed E-state index contributed by atoms with van der Waals surface area (Å²) in [5.74, 6) is 0.641. The van der Waals surface area contributed by atoms with E-state index in [1.807, 2.05) is 27.7 Å². The number of aromatic nitrogens is 2. The van der Waals surface area contributed by atoms with E-state index in [0.29, 0.717) is 24.0 Å². The third-order valence-corrected chi connectivity index (χ3v) is 5.96. The van der Waals surface area contributed by atoms with Crippen molar-refractivity contribution in [2.24, 2.45) is 5.92 Å². The van der Waals surface area contributed by atoms with Gasteiger partial charge < -0.3 is 14.8 Å². The van der Waals surface area contributed by atoms with E-state index >= 15 is 0 Å². The third-order valence-electron chi connectivity index (χ3n) is 5.96. The van der Waals surface area contributed by atoms with Crippen LogP contribution in [0, 0.1) is 5.92 Å². The minimum Gasteiger partial charge on any atom is -0.349 e. The molecule has 3 heterocycles. The number of nitrogens with one attached hydrogen (secondary N) is 1. The second-order valence-electron chi connectivity index (χ2n) is 8.63. The molecule has 29 heavy (non-hydrogen) atoms. The van der Waals surface area contributed by atoms with Gasteiger partial charge in [0, 0.05) is 24.8 Å². The Balaban J connectivity index is 1.65. The second kappa shape index (κ2) is 8.01. The number of carbonyl (C=O) groups excluding carboxylic acids is 2. The fraction of sp³-hybridized carbons (Fsp3) is 0.522. The highest BCUT2D eigenvalue weighted by Crippen LogP contribution is 2.34. The van der Waals surface area contributed by atoms with Gasteiger partial charge >= 0.3 is 0 Å². The number of anilines is 1. The first-order chi connectivity index (χ1) is 14.0. The van der Waals surface area contributed by atoms with Crippen LogP contribution in [0.25, 0.3) is 0 Å². The van der Waals surface area contributed by atoms with Crippen molar-refractivity contribution in [2.45, 2.75) is 65.5 Å². The molecule has 1 aromatic heterocycles. The Morgan fingerprint density at radius 1 is 1.24 bits per heavy atom. The Labute approximate surface area is 172 Å². The number of benzene rings is 1. The van der Waals surface area contributed by atoms with Crippen LogP contribution in [-0.2, 0) is 19.4 Å². The van der Waals surface area contributed by atoms with Gasteiger partial charge in [-0.1, -0.05) is 32.0 Å². The van der Waals surface area contributed by atoms with Gasteiger partial charge in [0.15, 0.2) is 11.5 Å². The van der Waals surface area contributed by atoms with E-state index in [0.717, 1.165) is 50.0 Å². The molecule has 0 saturated heterocycles. The molecule has 0 saturated carbocycles. The molecular formula is C23H30N4O2. The summed E-state index contributed by atoms with van der Waals surface area (Å²) < 4.78 is 1.97. The molecule has 154 valence electrons. The lowest BCUT2D eigenvalue weighted by Gasteiger charge is -2.23. The maximum atomic E-state index is 13.5. The molecule has 1 atom stereocenters. The van der Waals surface area contributed by atoms with Crippen molar-refractivity contribution in [3.63, 3.8) is 0 Å². The second-order valence-corrected chi connectivity index (χ2v) is 8.63. The molecule has 0 radical (unpaired) electrons. The number of fused-ring (bicyclic) bond motifs is 2. The van der Waals surface area contributed by atoms with Gasteiger partial charge in [-0.2, -0.15) is 0 Å². The van der Waals surface area contributed by atoms with Crippen LogP contribution in [0.5, 0.6) is 0 Å². The summed E-state index contributed by atoms with van der Waals surface area (Å²) in [5.41, 5.74) is 3.51. The van der Waals surface area contributed by atoms with Crippen LogP contribution in [0.4, 0.5) is 5.69 Å². The molecular weight excluding hydrogens is 364 g/mol. The molecule has 6 heteroatoms. The van der Waals surface area contributed by atoms with Crippen LogP contribution in [0.15, 0.2) is 24.3 Å². The zero-order valence-electron chi connectivity index (χ0n) is 17.6. The predicted octanol–water partition coefficient (Wildman–Crippen LogP) is 3.59.